The van der Waals surface area contributed by atoms with Crippen molar-refractivity contribution in [2.45, 2.75) is 46.3 Å². The molecule has 1 aliphatic rings. The van der Waals surface area contributed by atoms with Gasteiger partial charge in [0.25, 0.3) is 0 Å². The molecule has 0 bridgehead atoms. The minimum absolute atomic E-state index is 0.0318. The summed E-state index contributed by atoms with van der Waals surface area (Å²) in [4.78, 5) is 31.5. The van der Waals surface area contributed by atoms with Crippen molar-refractivity contribution in [2.24, 2.45) is 0 Å². The number of rotatable bonds is 6. The van der Waals surface area contributed by atoms with Gasteiger partial charge in [-0.15, -0.1) is 11.3 Å². The first-order valence-corrected chi connectivity index (χ1v) is 10.7. The molecule has 0 saturated heterocycles. The van der Waals surface area contributed by atoms with Crippen molar-refractivity contribution in [1.82, 2.24) is 19.9 Å². The fourth-order valence-corrected chi connectivity index (χ4v) is 4.56. The summed E-state index contributed by atoms with van der Waals surface area (Å²) in [6.45, 7) is 5.68. The number of hydrogen-bond acceptors (Lipinski definition) is 6. The second-order valence-corrected chi connectivity index (χ2v) is 8.97. The van der Waals surface area contributed by atoms with Gasteiger partial charge in [0.1, 0.15) is 17.5 Å². The quantitative estimate of drug-likeness (QED) is 0.601. The molecule has 3 aromatic rings. The molecule has 1 amide bonds. The monoisotopic (exact) mass is 425 g/mol. The Labute approximate surface area is 179 Å². The van der Waals surface area contributed by atoms with Crippen LogP contribution < -0.4 is 4.90 Å². The van der Waals surface area contributed by atoms with Crippen LogP contribution in [0.2, 0.25) is 0 Å². The van der Waals surface area contributed by atoms with Gasteiger partial charge < -0.3 is 0 Å². The summed E-state index contributed by atoms with van der Waals surface area (Å²) in [7, 11) is 2.02. The highest BCUT2D eigenvalue weighted by molar-refractivity contribution is 7.11. The van der Waals surface area contributed by atoms with Crippen molar-refractivity contribution < 1.29 is 9.18 Å². The second kappa shape index (κ2) is 8.57. The lowest BCUT2D eigenvalue weighted by atomic mass is 10.0. The van der Waals surface area contributed by atoms with E-state index in [0.29, 0.717) is 37.6 Å². The second-order valence-electron chi connectivity index (χ2n) is 7.65. The van der Waals surface area contributed by atoms with Gasteiger partial charge in [-0.2, -0.15) is 0 Å². The summed E-state index contributed by atoms with van der Waals surface area (Å²) in [6.07, 6.45) is 2.98. The highest BCUT2D eigenvalue weighted by Crippen LogP contribution is 2.29. The van der Waals surface area contributed by atoms with Crippen LogP contribution in [0.15, 0.2) is 30.5 Å². The largest absolute Gasteiger partial charge is 0.294 e. The van der Waals surface area contributed by atoms with Gasteiger partial charge in [0.05, 0.1) is 18.1 Å². The van der Waals surface area contributed by atoms with Gasteiger partial charge in [-0.3, -0.25) is 14.6 Å². The Morgan fingerprint density at radius 1 is 1.13 bits per heavy atom. The van der Waals surface area contributed by atoms with E-state index < -0.39 is 0 Å². The number of anilines is 1. The van der Waals surface area contributed by atoms with Crippen molar-refractivity contribution in [3.8, 4) is 0 Å². The summed E-state index contributed by atoms with van der Waals surface area (Å²) < 4.78 is 13.3. The van der Waals surface area contributed by atoms with Crippen LogP contribution in [0, 0.1) is 19.7 Å². The van der Waals surface area contributed by atoms with E-state index in [4.69, 9.17) is 9.97 Å². The van der Waals surface area contributed by atoms with Gasteiger partial charge in [-0.1, -0.05) is 12.1 Å². The van der Waals surface area contributed by atoms with Crippen LogP contribution >= 0.6 is 11.3 Å². The molecular weight excluding hydrogens is 401 g/mol. The highest BCUT2D eigenvalue weighted by Gasteiger charge is 2.28. The molecule has 0 N–H and O–H groups in total. The van der Waals surface area contributed by atoms with Crippen LogP contribution in [0.25, 0.3) is 0 Å². The molecule has 2 aromatic heterocycles. The zero-order valence-electron chi connectivity index (χ0n) is 17.4. The fourth-order valence-electron chi connectivity index (χ4n) is 3.69. The number of thiazole rings is 1. The molecule has 0 atom stereocenters. The summed E-state index contributed by atoms with van der Waals surface area (Å²) >= 11 is 1.68. The van der Waals surface area contributed by atoms with Crippen LogP contribution in [-0.2, 0) is 30.8 Å². The van der Waals surface area contributed by atoms with Crippen LogP contribution in [0.3, 0.4) is 0 Å². The van der Waals surface area contributed by atoms with Crippen molar-refractivity contribution >= 4 is 23.1 Å². The van der Waals surface area contributed by atoms with Crippen molar-refractivity contribution in [2.75, 3.05) is 11.9 Å². The van der Waals surface area contributed by atoms with E-state index in [2.05, 4.69) is 9.88 Å². The van der Waals surface area contributed by atoms with Gasteiger partial charge in [-0.25, -0.2) is 19.3 Å². The Morgan fingerprint density at radius 3 is 2.60 bits per heavy atom. The number of aromatic nitrogens is 3. The molecule has 30 heavy (non-hydrogen) atoms. The first-order valence-electron chi connectivity index (χ1n) is 9.90. The third kappa shape index (κ3) is 4.55. The number of amides is 1. The van der Waals surface area contributed by atoms with Gasteiger partial charge in [0, 0.05) is 35.3 Å². The van der Waals surface area contributed by atoms with Crippen LogP contribution in [0.5, 0.6) is 0 Å². The number of aryl methyl sites for hydroxylation is 2. The summed E-state index contributed by atoms with van der Waals surface area (Å²) in [5, 5.41) is 1.05. The van der Waals surface area contributed by atoms with Crippen molar-refractivity contribution in [1.29, 1.82) is 0 Å². The Kier molecular flexibility index (Phi) is 5.87. The van der Waals surface area contributed by atoms with E-state index in [-0.39, 0.29) is 11.7 Å². The maximum atomic E-state index is 13.3. The maximum Gasteiger partial charge on any atom is 0.228 e. The molecule has 0 unspecified atom stereocenters. The normalized spacial score (nSPS) is 13.8. The Bertz CT molecular complexity index is 1070. The van der Waals surface area contributed by atoms with Gasteiger partial charge in [-0.05, 0) is 45.0 Å². The molecule has 1 aromatic carbocycles. The average molecular weight is 426 g/mol. The smallest absolute Gasteiger partial charge is 0.228 e. The predicted octanol–water partition coefficient (Wildman–Crippen LogP) is 3.80. The first kappa shape index (κ1) is 20.6. The Morgan fingerprint density at radius 2 is 1.90 bits per heavy atom. The number of carbonyl (C=O) groups is 1. The lowest BCUT2D eigenvalue weighted by molar-refractivity contribution is -0.119. The van der Waals surface area contributed by atoms with Crippen LogP contribution in [0.4, 0.5) is 10.2 Å². The number of benzene rings is 1. The van der Waals surface area contributed by atoms with E-state index >= 15 is 0 Å². The van der Waals surface area contributed by atoms with Crippen molar-refractivity contribution in [3.63, 3.8) is 0 Å². The predicted molar refractivity (Wildman–Crippen MR) is 115 cm³/mol. The number of carbonyl (C=O) groups excluding carboxylic acids is 1. The molecule has 0 aliphatic carbocycles. The summed E-state index contributed by atoms with van der Waals surface area (Å²) in [6, 6.07) is 6.24. The first-order chi connectivity index (χ1) is 14.4. The number of halogens is 1. The molecule has 4 rings (SSSR count). The zero-order chi connectivity index (χ0) is 21.3. The molecule has 3 heterocycles. The molecule has 156 valence electrons. The maximum absolute atomic E-state index is 13.3. The summed E-state index contributed by atoms with van der Waals surface area (Å²) in [5.41, 5.74) is 2.79. The minimum Gasteiger partial charge on any atom is -0.294 e. The molecule has 0 fully saturated rings. The topological polar surface area (TPSA) is 62.2 Å². The van der Waals surface area contributed by atoms with Crippen LogP contribution in [-0.4, -0.2) is 32.8 Å². The van der Waals surface area contributed by atoms with Crippen molar-refractivity contribution in [3.05, 3.63) is 68.8 Å². The molecule has 0 radical (unpaired) electrons. The molecule has 1 aliphatic heterocycles. The van der Waals surface area contributed by atoms with Gasteiger partial charge >= 0.3 is 0 Å². The molecule has 0 saturated carbocycles. The molecular formula is C22H24FN5OS. The summed E-state index contributed by atoms with van der Waals surface area (Å²) in [5.74, 6) is 1.11. The Balaban J connectivity index is 1.57. The molecule has 0 spiro atoms. The van der Waals surface area contributed by atoms with E-state index in [1.807, 2.05) is 27.1 Å². The zero-order valence-corrected chi connectivity index (χ0v) is 18.2. The van der Waals surface area contributed by atoms with E-state index in [9.17, 15) is 9.18 Å². The van der Waals surface area contributed by atoms with E-state index in [1.165, 1.54) is 17.0 Å². The fraction of sp³-hybridized carbons (Fsp3) is 0.364. The molecule has 6 nitrogen and oxygen atoms in total. The van der Waals surface area contributed by atoms with Crippen LogP contribution in [0.1, 0.15) is 39.0 Å². The standard InChI is InChI=1S/C22H24FN5OS/c1-14-19-8-9-21(29)28(11-16-4-6-17(23)7-5-16)22(19)26-20(25-14)13-27(3)12-18-10-24-15(2)30-18/h4-7,10H,8-9,11-13H2,1-3H3. The van der Waals surface area contributed by atoms with Gasteiger partial charge in [0.15, 0.2) is 0 Å². The molecule has 8 heteroatoms. The van der Waals surface area contributed by atoms with E-state index in [0.717, 1.165) is 28.4 Å². The van der Waals surface area contributed by atoms with Gasteiger partial charge in [0.2, 0.25) is 5.91 Å². The third-order valence-electron chi connectivity index (χ3n) is 5.14. The number of nitrogens with zero attached hydrogens (tertiary/aromatic N) is 5. The third-order valence-corrected chi connectivity index (χ3v) is 6.04. The average Bonchev–Trinajstić information content (AvgIpc) is 3.10. The Hall–Kier alpha value is -2.71. The van der Waals surface area contributed by atoms with E-state index in [1.54, 1.807) is 28.4 Å². The number of hydrogen-bond donors (Lipinski definition) is 0. The lowest BCUT2D eigenvalue weighted by Crippen LogP contribution is -2.36. The number of fused-ring (bicyclic) bond motifs is 1. The highest BCUT2D eigenvalue weighted by atomic mass is 32.1. The minimum atomic E-state index is -0.288. The SMILES string of the molecule is Cc1ncc(CN(C)Cc2nc(C)c3c(n2)N(Cc2ccc(F)cc2)C(=O)CC3)s1. The lowest BCUT2D eigenvalue weighted by Gasteiger charge is -2.30.